The van der Waals surface area contributed by atoms with Gasteiger partial charge in [0.25, 0.3) is 5.91 Å². The zero-order valence-corrected chi connectivity index (χ0v) is 13.7. The monoisotopic (exact) mass is 396 g/mol. The molecule has 1 aliphatic heterocycles. The Morgan fingerprint density at radius 2 is 2.16 bits per heavy atom. The average Bonchev–Trinajstić information content (AvgIpc) is 2.38. The average molecular weight is 397 g/mol. The molecule has 0 aliphatic carbocycles. The first-order valence-corrected chi connectivity index (χ1v) is 7.13. The predicted octanol–water partition coefficient (Wildman–Crippen LogP) is 1.91. The number of hydrogen-bond acceptors (Lipinski definition) is 3. The Kier molecular flexibility index (Phi) is 6.88. The van der Waals surface area contributed by atoms with Crippen molar-refractivity contribution in [2.24, 2.45) is 0 Å². The van der Waals surface area contributed by atoms with Crippen LogP contribution in [0.25, 0.3) is 0 Å². The lowest BCUT2D eigenvalue weighted by atomic mass is 10.2. The summed E-state index contributed by atoms with van der Waals surface area (Å²) in [6.07, 6.45) is 0. The minimum atomic E-state index is 0. The topological polar surface area (TPSA) is 41.6 Å². The molecule has 1 heterocycles. The number of nitrogens with zero attached hydrogens (tertiary/aromatic N) is 1. The third-order valence-corrected chi connectivity index (χ3v) is 3.72. The second-order valence-electron chi connectivity index (χ2n) is 4.38. The molecule has 1 aromatic rings. The van der Waals surface area contributed by atoms with Crippen LogP contribution in [0.2, 0.25) is 0 Å². The smallest absolute Gasteiger partial charge is 0.260 e. The molecule has 2 rings (SSSR count). The fourth-order valence-corrected chi connectivity index (χ4v) is 2.33. The minimum Gasteiger partial charge on any atom is -0.484 e. The molecule has 1 saturated heterocycles. The molecular formula is C13H18ClIN2O2. The van der Waals surface area contributed by atoms with Crippen LogP contribution in [-0.4, -0.2) is 43.1 Å². The summed E-state index contributed by atoms with van der Waals surface area (Å²) >= 11 is 2.24. The van der Waals surface area contributed by atoms with E-state index in [1.807, 2.05) is 29.2 Å². The Morgan fingerprint density at radius 1 is 1.47 bits per heavy atom. The number of hydrogen-bond donors (Lipinski definition) is 1. The van der Waals surface area contributed by atoms with E-state index in [1.165, 1.54) is 0 Å². The lowest BCUT2D eigenvalue weighted by molar-refractivity contribution is -0.136. The molecule has 1 fully saturated rings. The van der Waals surface area contributed by atoms with E-state index in [2.05, 4.69) is 34.8 Å². The SMILES string of the molecule is C[C@H]1CNCCN1C(=O)COc1ccc(I)cc1.Cl. The maximum atomic E-state index is 12.0. The Bertz CT molecular complexity index is 414. The molecule has 0 bridgehead atoms. The van der Waals surface area contributed by atoms with Gasteiger partial charge in [0.15, 0.2) is 6.61 Å². The summed E-state index contributed by atoms with van der Waals surface area (Å²) in [4.78, 5) is 13.9. The van der Waals surface area contributed by atoms with Crippen molar-refractivity contribution < 1.29 is 9.53 Å². The molecule has 1 amide bonds. The van der Waals surface area contributed by atoms with Crippen molar-refractivity contribution in [3.05, 3.63) is 27.8 Å². The number of ether oxygens (including phenoxy) is 1. The number of carbonyl (C=O) groups excluding carboxylic acids is 1. The maximum absolute atomic E-state index is 12.0. The molecule has 1 N–H and O–H groups in total. The molecule has 6 heteroatoms. The Hall–Kier alpha value is -0.530. The molecular weight excluding hydrogens is 379 g/mol. The maximum Gasteiger partial charge on any atom is 0.260 e. The van der Waals surface area contributed by atoms with Crippen LogP contribution >= 0.6 is 35.0 Å². The van der Waals surface area contributed by atoms with E-state index in [9.17, 15) is 4.79 Å². The van der Waals surface area contributed by atoms with Gasteiger partial charge in [-0.3, -0.25) is 4.79 Å². The van der Waals surface area contributed by atoms with Crippen molar-refractivity contribution in [3.63, 3.8) is 0 Å². The van der Waals surface area contributed by atoms with Crippen LogP contribution in [0.3, 0.4) is 0 Å². The van der Waals surface area contributed by atoms with Crippen LogP contribution in [0.1, 0.15) is 6.92 Å². The quantitative estimate of drug-likeness (QED) is 0.794. The van der Waals surface area contributed by atoms with Gasteiger partial charge >= 0.3 is 0 Å². The van der Waals surface area contributed by atoms with E-state index in [0.29, 0.717) is 0 Å². The zero-order valence-electron chi connectivity index (χ0n) is 10.8. The number of amides is 1. The zero-order chi connectivity index (χ0) is 13.0. The van der Waals surface area contributed by atoms with Crippen LogP contribution in [0, 0.1) is 3.57 Å². The summed E-state index contributed by atoms with van der Waals surface area (Å²) in [6.45, 7) is 4.64. The molecule has 0 saturated carbocycles. The van der Waals surface area contributed by atoms with Gasteiger partial charge in [0.2, 0.25) is 0 Å². The van der Waals surface area contributed by atoms with Crippen LogP contribution in [-0.2, 0) is 4.79 Å². The van der Waals surface area contributed by atoms with Crippen molar-refractivity contribution in [1.82, 2.24) is 10.2 Å². The lowest BCUT2D eigenvalue weighted by Gasteiger charge is -2.33. The Labute approximate surface area is 133 Å². The Balaban J connectivity index is 0.00000180. The lowest BCUT2D eigenvalue weighted by Crippen LogP contribution is -2.53. The van der Waals surface area contributed by atoms with Crippen LogP contribution in [0.4, 0.5) is 0 Å². The molecule has 0 unspecified atom stereocenters. The molecule has 1 aliphatic rings. The third kappa shape index (κ3) is 4.81. The first-order chi connectivity index (χ1) is 8.66. The number of benzene rings is 1. The van der Waals surface area contributed by atoms with Crippen LogP contribution in [0.15, 0.2) is 24.3 Å². The highest BCUT2D eigenvalue weighted by Crippen LogP contribution is 2.13. The van der Waals surface area contributed by atoms with E-state index >= 15 is 0 Å². The van der Waals surface area contributed by atoms with E-state index in [1.54, 1.807) is 0 Å². The van der Waals surface area contributed by atoms with Gasteiger partial charge < -0.3 is 15.0 Å². The molecule has 0 spiro atoms. The second kappa shape index (κ2) is 7.91. The Morgan fingerprint density at radius 3 is 2.79 bits per heavy atom. The number of carbonyl (C=O) groups is 1. The molecule has 4 nitrogen and oxygen atoms in total. The van der Waals surface area contributed by atoms with Crippen LogP contribution < -0.4 is 10.1 Å². The first kappa shape index (κ1) is 16.5. The summed E-state index contributed by atoms with van der Waals surface area (Å²) in [5.74, 6) is 0.800. The summed E-state index contributed by atoms with van der Waals surface area (Å²) in [5.41, 5.74) is 0. The summed E-state index contributed by atoms with van der Waals surface area (Å²) in [5, 5.41) is 3.26. The van der Waals surface area contributed by atoms with Gasteiger partial charge in [0.1, 0.15) is 5.75 Å². The van der Waals surface area contributed by atoms with Gasteiger partial charge in [-0.25, -0.2) is 0 Å². The largest absolute Gasteiger partial charge is 0.484 e. The number of halogens is 2. The number of rotatable bonds is 3. The number of piperazine rings is 1. The van der Waals surface area contributed by atoms with Crippen LogP contribution in [0.5, 0.6) is 5.75 Å². The first-order valence-electron chi connectivity index (χ1n) is 6.05. The number of nitrogens with one attached hydrogen (secondary N) is 1. The van der Waals surface area contributed by atoms with Gasteiger partial charge in [0.05, 0.1) is 0 Å². The predicted molar refractivity (Wildman–Crippen MR) is 85.9 cm³/mol. The molecule has 1 atom stereocenters. The van der Waals surface area contributed by atoms with Crippen molar-refractivity contribution in [2.45, 2.75) is 13.0 Å². The highest BCUT2D eigenvalue weighted by molar-refractivity contribution is 14.1. The highest BCUT2D eigenvalue weighted by Gasteiger charge is 2.22. The van der Waals surface area contributed by atoms with Gasteiger partial charge in [-0.15, -0.1) is 12.4 Å². The third-order valence-electron chi connectivity index (χ3n) is 3.00. The molecule has 106 valence electrons. The van der Waals surface area contributed by atoms with E-state index in [0.717, 1.165) is 29.0 Å². The highest BCUT2D eigenvalue weighted by atomic mass is 127. The van der Waals surface area contributed by atoms with Gasteiger partial charge in [-0.1, -0.05) is 0 Å². The fraction of sp³-hybridized carbons (Fsp3) is 0.462. The van der Waals surface area contributed by atoms with Crippen molar-refractivity contribution in [1.29, 1.82) is 0 Å². The summed E-state index contributed by atoms with van der Waals surface area (Å²) in [7, 11) is 0. The normalized spacial score (nSPS) is 18.6. The molecule has 1 aromatic carbocycles. The minimum absolute atomic E-state index is 0. The van der Waals surface area contributed by atoms with Crippen molar-refractivity contribution >= 4 is 40.9 Å². The second-order valence-corrected chi connectivity index (χ2v) is 5.63. The van der Waals surface area contributed by atoms with Crippen molar-refractivity contribution in [2.75, 3.05) is 26.2 Å². The van der Waals surface area contributed by atoms with Gasteiger partial charge in [-0.2, -0.15) is 0 Å². The van der Waals surface area contributed by atoms with E-state index in [-0.39, 0.29) is 31.0 Å². The standard InChI is InChI=1S/C13H17IN2O2.ClH/c1-10-8-15-6-7-16(10)13(17)9-18-12-4-2-11(14)3-5-12;/h2-5,10,15H,6-9H2,1H3;1H/t10-;/m0./s1. The van der Waals surface area contributed by atoms with Gasteiger partial charge in [-0.05, 0) is 53.8 Å². The van der Waals surface area contributed by atoms with E-state index < -0.39 is 0 Å². The fourth-order valence-electron chi connectivity index (χ4n) is 1.97. The molecule has 0 radical (unpaired) electrons. The molecule has 0 aromatic heterocycles. The summed E-state index contributed by atoms with van der Waals surface area (Å²) < 4.78 is 6.66. The van der Waals surface area contributed by atoms with E-state index in [4.69, 9.17) is 4.74 Å². The van der Waals surface area contributed by atoms with Crippen molar-refractivity contribution in [3.8, 4) is 5.75 Å². The summed E-state index contributed by atoms with van der Waals surface area (Å²) in [6, 6.07) is 7.94. The molecule has 19 heavy (non-hydrogen) atoms. The van der Waals surface area contributed by atoms with Gasteiger partial charge in [0, 0.05) is 29.2 Å².